The van der Waals surface area contributed by atoms with Crippen molar-refractivity contribution in [2.45, 2.75) is 26.7 Å². The molecule has 0 saturated carbocycles. The van der Waals surface area contributed by atoms with Gasteiger partial charge in [0, 0.05) is 50.3 Å². The monoisotopic (exact) mass is 470 g/mol. The van der Waals surface area contributed by atoms with Crippen molar-refractivity contribution in [2.75, 3.05) is 38.2 Å². The molecule has 0 unspecified atom stereocenters. The van der Waals surface area contributed by atoms with Gasteiger partial charge in [-0.1, -0.05) is 12.1 Å². The van der Waals surface area contributed by atoms with Crippen LogP contribution in [0.2, 0.25) is 0 Å². The summed E-state index contributed by atoms with van der Waals surface area (Å²) in [6.45, 7) is 7.24. The molecular weight excluding hydrogens is 440 g/mol. The average molecular weight is 471 g/mol. The van der Waals surface area contributed by atoms with E-state index in [2.05, 4.69) is 59.3 Å². The molecule has 0 N–H and O–H groups in total. The zero-order valence-corrected chi connectivity index (χ0v) is 20.4. The molecule has 1 saturated heterocycles. The summed E-state index contributed by atoms with van der Waals surface area (Å²) < 4.78 is 7.00. The van der Waals surface area contributed by atoms with Crippen LogP contribution in [-0.2, 0) is 11.2 Å². The third-order valence-electron chi connectivity index (χ3n) is 6.76. The topological polar surface area (TPSA) is 75.9 Å². The minimum atomic E-state index is 0.140. The lowest BCUT2D eigenvalue weighted by atomic mass is 10.0. The lowest BCUT2D eigenvalue weighted by Crippen LogP contribution is -2.48. The first-order valence-corrected chi connectivity index (χ1v) is 12.0. The lowest BCUT2D eigenvalue weighted by Gasteiger charge is -2.36. The molecule has 180 valence electrons. The third-order valence-corrected chi connectivity index (χ3v) is 6.76. The quantitative estimate of drug-likeness (QED) is 0.428. The number of carbonyl (C=O) groups excluding carboxylic acids is 1. The summed E-state index contributed by atoms with van der Waals surface area (Å²) in [5, 5.41) is 13.3. The van der Waals surface area contributed by atoms with Gasteiger partial charge in [0.25, 0.3) is 0 Å². The molecule has 0 aliphatic carbocycles. The molecule has 8 heteroatoms. The normalized spacial score (nSPS) is 13.9. The van der Waals surface area contributed by atoms with Crippen LogP contribution in [0.15, 0.2) is 54.6 Å². The number of benzene rings is 2. The Morgan fingerprint density at radius 3 is 2.40 bits per heavy atom. The van der Waals surface area contributed by atoms with E-state index in [9.17, 15) is 4.79 Å². The number of hydrogen-bond donors (Lipinski definition) is 0. The highest BCUT2D eigenvalue weighted by Gasteiger charge is 2.22. The van der Waals surface area contributed by atoms with Crippen LogP contribution >= 0.6 is 0 Å². The van der Waals surface area contributed by atoms with Crippen molar-refractivity contribution in [1.29, 1.82) is 0 Å². The summed E-state index contributed by atoms with van der Waals surface area (Å²) >= 11 is 0. The van der Waals surface area contributed by atoms with Gasteiger partial charge >= 0.3 is 0 Å². The molecule has 2 aromatic heterocycles. The Labute approximate surface area is 205 Å². The second kappa shape index (κ2) is 9.74. The van der Waals surface area contributed by atoms with E-state index < -0.39 is 0 Å². The van der Waals surface area contributed by atoms with Gasteiger partial charge in [0.2, 0.25) is 5.91 Å². The summed E-state index contributed by atoms with van der Waals surface area (Å²) in [5.74, 6) is 1.69. The van der Waals surface area contributed by atoms with Gasteiger partial charge in [-0.2, -0.15) is 9.61 Å². The zero-order valence-electron chi connectivity index (χ0n) is 20.4. The molecule has 2 aromatic carbocycles. The highest BCUT2D eigenvalue weighted by molar-refractivity contribution is 5.76. The molecule has 0 bridgehead atoms. The van der Waals surface area contributed by atoms with Crippen molar-refractivity contribution < 1.29 is 9.53 Å². The lowest BCUT2D eigenvalue weighted by molar-refractivity contribution is -0.131. The Kier molecular flexibility index (Phi) is 6.35. The van der Waals surface area contributed by atoms with E-state index in [0.717, 1.165) is 35.8 Å². The number of rotatable bonds is 6. The van der Waals surface area contributed by atoms with Crippen molar-refractivity contribution in [3.05, 3.63) is 71.5 Å². The summed E-state index contributed by atoms with van der Waals surface area (Å²) in [6, 6.07) is 18.3. The molecule has 35 heavy (non-hydrogen) atoms. The van der Waals surface area contributed by atoms with Crippen LogP contribution in [0.4, 0.5) is 5.69 Å². The average Bonchev–Trinajstić information content (AvgIpc) is 3.31. The maximum Gasteiger partial charge on any atom is 0.223 e. The van der Waals surface area contributed by atoms with Crippen LogP contribution in [0.3, 0.4) is 0 Å². The van der Waals surface area contributed by atoms with Crippen molar-refractivity contribution >= 4 is 17.2 Å². The Hall–Kier alpha value is -3.94. The van der Waals surface area contributed by atoms with E-state index >= 15 is 0 Å². The number of fused-ring (bicyclic) bond motifs is 1. The Morgan fingerprint density at radius 2 is 1.69 bits per heavy atom. The van der Waals surface area contributed by atoms with E-state index in [4.69, 9.17) is 9.84 Å². The molecule has 0 spiro atoms. The van der Waals surface area contributed by atoms with Gasteiger partial charge in [-0.05, 0) is 67.4 Å². The number of piperazine rings is 1. The maximum atomic E-state index is 12.9. The van der Waals surface area contributed by atoms with Crippen LogP contribution in [-0.4, -0.2) is 63.9 Å². The van der Waals surface area contributed by atoms with Gasteiger partial charge < -0.3 is 14.5 Å². The summed E-state index contributed by atoms with van der Waals surface area (Å²) in [7, 11) is 1.67. The van der Waals surface area contributed by atoms with Crippen LogP contribution in [0.1, 0.15) is 23.4 Å². The van der Waals surface area contributed by atoms with E-state index in [-0.39, 0.29) is 5.91 Å². The molecular formula is C27H30N6O2. The Bertz CT molecular complexity index is 1340. The van der Waals surface area contributed by atoms with Crippen molar-refractivity contribution in [3.63, 3.8) is 0 Å². The minimum absolute atomic E-state index is 0.140. The second-order valence-corrected chi connectivity index (χ2v) is 8.97. The summed E-state index contributed by atoms with van der Waals surface area (Å²) in [5.41, 5.74) is 6.24. The smallest absolute Gasteiger partial charge is 0.223 e. The number of amides is 1. The van der Waals surface area contributed by atoms with E-state index in [0.29, 0.717) is 37.4 Å². The second-order valence-electron chi connectivity index (χ2n) is 8.97. The summed E-state index contributed by atoms with van der Waals surface area (Å²) in [4.78, 5) is 17.2. The first kappa shape index (κ1) is 22.8. The summed E-state index contributed by atoms with van der Waals surface area (Å²) in [6.07, 6.45) is 0.890. The number of hydrogen-bond acceptors (Lipinski definition) is 6. The fourth-order valence-corrected chi connectivity index (χ4v) is 4.43. The molecule has 3 heterocycles. The van der Waals surface area contributed by atoms with E-state index in [1.54, 1.807) is 11.6 Å². The Balaban J connectivity index is 1.21. The fraction of sp³-hybridized carbons (Fsp3) is 0.333. The first-order chi connectivity index (χ1) is 17.0. The van der Waals surface area contributed by atoms with Gasteiger partial charge in [-0.25, -0.2) is 0 Å². The van der Waals surface area contributed by atoms with Crippen LogP contribution in [0, 0.1) is 13.8 Å². The Morgan fingerprint density at radius 1 is 0.914 bits per heavy atom. The largest absolute Gasteiger partial charge is 0.497 e. The zero-order chi connectivity index (χ0) is 24.4. The fourth-order valence-electron chi connectivity index (χ4n) is 4.43. The third kappa shape index (κ3) is 4.82. The maximum absolute atomic E-state index is 12.9. The van der Waals surface area contributed by atoms with Crippen LogP contribution in [0.25, 0.3) is 16.9 Å². The van der Waals surface area contributed by atoms with Crippen LogP contribution < -0.4 is 9.64 Å². The minimum Gasteiger partial charge on any atom is -0.497 e. The predicted octanol–water partition coefficient (Wildman–Crippen LogP) is 3.70. The molecule has 1 fully saturated rings. The van der Waals surface area contributed by atoms with Gasteiger partial charge in [-0.15, -0.1) is 10.2 Å². The molecule has 0 atom stereocenters. The van der Waals surface area contributed by atoms with Crippen LogP contribution in [0.5, 0.6) is 5.75 Å². The first-order valence-electron chi connectivity index (χ1n) is 12.0. The standard InChI is InChI=1S/C27H30N6O2/c1-19-4-5-21(18-20(19)2)24-10-11-25-28-29-26(33(25)30-24)12-13-27(34)32-16-14-31(15-17-32)22-6-8-23(35-3)9-7-22/h4-11,18H,12-17H2,1-3H3. The highest BCUT2D eigenvalue weighted by Crippen LogP contribution is 2.22. The number of anilines is 1. The number of nitrogens with zero attached hydrogens (tertiary/aromatic N) is 6. The number of methoxy groups -OCH3 is 1. The molecule has 1 amide bonds. The highest BCUT2D eigenvalue weighted by atomic mass is 16.5. The molecule has 0 radical (unpaired) electrons. The van der Waals surface area contributed by atoms with Gasteiger partial charge in [-0.3, -0.25) is 4.79 Å². The number of aryl methyl sites for hydroxylation is 3. The van der Waals surface area contributed by atoms with Crippen molar-refractivity contribution in [2.24, 2.45) is 0 Å². The van der Waals surface area contributed by atoms with Gasteiger partial charge in [0.1, 0.15) is 5.75 Å². The van der Waals surface area contributed by atoms with Crippen molar-refractivity contribution in [1.82, 2.24) is 24.7 Å². The number of carbonyl (C=O) groups is 1. The molecule has 1 aliphatic rings. The SMILES string of the molecule is COc1ccc(N2CCN(C(=O)CCc3nnc4ccc(-c5ccc(C)c(C)c5)nn34)CC2)cc1. The molecule has 5 rings (SSSR count). The number of ether oxygens (including phenoxy) is 1. The van der Waals surface area contributed by atoms with E-state index in [1.165, 1.54) is 11.1 Å². The molecule has 8 nitrogen and oxygen atoms in total. The molecule has 1 aliphatic heterocycles. The van der Waals surface area contributed by atoms with Gasteiger partial charge in [0.15, 0.2) is 11.5 Å². The van der Waals surface area contributed by atoms with E-state index in [1.807, 2.05) is 29.2 Å². The van der Waals surface area contributed by atoms with Crippen molar-refractivity contribution in [3.8, 4) is 17.0 Å². The van der Waals surface area contributed by atoms with Gasteiger partial charge in [0.05, 0.1) is 12.8 Å². The molecule has 4 aromatic rings. The predicted molar refractivity (Wildman–Crippen MR) is 136 cm³/mol. The number of aromatic nitrogens is 4.